The maximum atomic E-state index is 8.65. The van der Waals surface area contributed by atoms with E-state index in [1.54, 1.807) is 11.3 Å². The van der Waals surface area contributed by atoms with Gasteiger partial charge in [-0.1, -0.05) is 6.92 Å². The monoisotopic (exact) mass is 170 g/mol. The van der Waals surface area contributed by atoms with E-state index in [0.717, 1.165) is 11.3 Å². The van der Waals surface area contributed by atoms with Crippen LogP contribution in [-0.2, 0) is 12.7 Å². The van der Waals surface area contributed by atoms with Crippen LogP contribution >= 0.6 is 11.3 Å². The van der Waals surface area contributed by atoms with Crippen molar-refractivity contribution in [3.63, 3.8) is 0 Å². The lowest BCUT2D eigenvalue weighted by molar-refractivity contribution is 0.406. The van der Waals surface area contributed by atoms with E-state index in [1.165, 1.54) is 4.88 Å². The van der Waals surface area contributed by atoms with Crippen molar-refractivity contribution >= 4 is 18.5 Å². The summed E-state index contributed by atoms with van der Waals surface area (Å²) in [6, 6.07) is 3.98. The van der Waals surface area contributed by atoms with Gasteiger partial charge in [0.15, 0.2) is 0 Å². The van der Waals surface area contributed by atoms with Crippen molar-refractivity contribution in [1.82, 2.24) is 0 Å². The molecule has 0 radical (unpaired) electrons. The van der Waals surface area contributed by atoms with Crippen LogP contribution in [0.4, 0.5) is 0 Å². The second-order valence-corrected chi connectivity index (χ2v) is 3.66. The third-order valence-corrected chi connectivity index (χ3v) is 2.70. The Morgan fingerprint density at radius 3 is 2.45 bits per heavy atom. The molecule has 2 nitrogen and oxygen atoms in total. The molecule has 1 aromatic rings. The lowest BCUT2D eigenvalue weighted by atomic mass is 9.86. The van der Waals surface area contributed by atoms with E-state index < -0.39 is 7.12 Å². The molecule has 0 unspecified atom stereocenters. The van der Waals surface area contributed by atoms with E-state index in [0.29, 0.717) is 6.32 Å². The van der Waals surface area contributed by atoms with Gasteiger partial charge in [0.05, 0.1) is 0 Å². The second kappa shape index (κ2) is 3.90. The topological polar surface area (TPSA) is 40.5 Å². The average molecular weight is 170 g/mol. The first-order valence-corrected chi connectivity index (χ1v) is 4.47. The molecule has 0 atom stereocenters. The van der Waals surface area contributed by atoms with Gasteiger partial charge in [0.2, 0.25) is 0 Å². The smallest absolute Gasteiger partial charge is 0.427 e. The van der Waals surface area contributed by atoms with Gasteiger partial charge in [-0.25, -0.2) is 0 Å². The summed E-state index contributed by atoms with van der Waals surface area (Å²) in [7, 11) is -1.21. The lowest BCUT2D eigenvalue weighted by Gasteiger charge is -1.92. The quantitative estimate of drug-likeness (QED) is 0.660. The van der Waals surface area contributed by atoms with Gasteiger partial charge >= 0.3 is 7.12 Å². The zero-order chi connectivity index (χ0) is 8.27. The molecule has 0 bridgehead atoms. The van der Waals surface area contributed by atoms with Crippen LogP contribution in [0.25, 0.3) is 0 Å². The zero-order valence-corrected chi connectivity index (χ0v) is 7.27. The first-order valence-electron chi connectivity index (χ1n) is 3.66. The molecule has 0 saturated carbocycles. The predicted octanol–water partition coefficient (Wildman–Crippen LogP) is 0.865. The minimum atomic E-state index is -1.21. The predicted molar refractivity (Wildman–Crippen MR) is 47.6 cm³/mol. The molecule has 0 saturated heterocycles. The summed E-state index contributed by atoms with van der Waals surface area (Å²) in [5.41, 5.74) is 0. The van der Waals surface area contributed by atoms with Crippen LogP contribution in [0, 0.1) is 0 Å². The van der Waals surface area contributed by atoms with Crippen molar-refractivity contribution in [3.05, 3.63) is 21.9 Å². The average Bonchev–Trinajstić information content (AvgIpc) is 2.34. The number of thiophene rings is 1. The number of hydrogen-bond acceptors (Lipinski definition) is 3. The summed E-state index contributed by atoms with van der Waals surface area (Å²) in [6.45, 7) is 2.09. The van der Waals surface area contributed by atoms with Gasteiger partial charge < -0.3 is 10.0 Å². The molecule has 0 aliphatic carbocycles. The lowest BCUT2D eigenvalue weighted by Crippen LogP contribution is -2.13. The number of hydrogen-bond donors (Lipinski definition) is 2. The number of rotatable bonds is 3. The Hall–Kier alpha value is -0.315. The minimum Gasteiger partial charge on any atom is -0.427 e. The highest BCUT2D eigenvalue weighted by Crippen LogP contribution is 2.17. The van der Waals surface area contributed by atoms with Crippen LogP contribution in [0.2, 0.25) is 0 Å². The Morgan fingerprint density at radius 2 is 2.00 bits per heavy atom. The molecule has 0 spiro atoms. The molecule has 1 rings (SSSR count). The van der Waals surface area contributed by atoms with Crippen molar-refractivity contribution in [2.24, 2.45) is 0 Å². The van der Waals surface area contributed by atoms with Crippen LogP contribution < -0.4 is 0 Å². The van der Waals surface area contributed by atoms with Crippen LogP contribution in [-0.4, -0.2) is 17.2 Å². The van der Waals surface area contributed by atoms with Gasteiger partial charge in [-0.15, -0.1) is 11.3 Å². The third kappa shape index (κ3) is 2.65. The summed E-state index contributed by atoms with van der Waals surface area (Å²) in [4.78, 5) is 2.33. The Bertz CT molecular complexity index is 222. The standard InChI is InChI=1S/C7H11BO2S/c1-2-6-3-4-7(11-6)5-8(9)10/h3-4,9-10H,2,5H2,1H3. The Balaban J connectivity index is 2.58. The van der Waals surface area contributed by atoms with E-state index in [1.807, 2.05) is 12.1 Å². The fourth-order valence-corrected chi connectivity index (χ4v) is 1.89. The molecule has 1 heterocycles. The second-order valence-electron chi connectivity index (χ2n) is 2.41. The maximum absolute atomic E-state index is 8.65. The minimum absolute atomic E-state index is 0.352. The van der Waals surface area contributed by atoms with Crippen molar-refractivity contribution in [2.45, 2.75) is 19.7 Å². The normalized spacial score (nSPS) is 10.1. The van der Waals surface area contributed by atoms with Gasteiger partial charge in [0, 0.05) is 16.1 Å². The first kappa shape index (κ1) is 8.78. The summed E-state index contributed by atoms with van der Waals surface area (Å²) in [5.74, 6) is 0. The SMILES string of the molecule is CCc1ccc(CB(O)O)s1. The first-order chi connectivity index (χ1) is 5.22. The molecule has 0 aliphatic rings. The highest BCUT2D eigenvalue weighted by Gasteiger charge is 2.09. The van der Waals surface area contributed by atoms with Gasteiger partial charge in [0.25, 0.3) is 0 Å². The van der Waals surface area contributed by atoms with Crippen molar-refractivity contribution in [3.8, 4) is 0 Å². The molecular formula is C7H11BO2S. The van der Waals surface area contributed by atoms with Gasteiger partial charge in [-0.3, -0.25) is 0 Å². The summed E-state index contributed by atoms with van der Waals surface area (Å²) in [6.07, 6.45) is 1.37. The third-order valence-electron chi connectivity index (χ3n) is 1.45. The van der Waals surface area contributed by atoms with Crippen LogP contribution in [0.3, 0.4) is 0 Å². The highest BCUT2D eigenvalue weighted by atomic mass is 32.1. The van der Waals surface area contributed by atoms with E-state index in [4.69, 9.17) is 10.0 Å². The molecule has 4 heteroatoms. The Labute approximate surface area is 70.6 Å². The molecule has 0 aromatic carbocycles. The summed E-state index contributed by atoms with van der Waals surface area (Å²) in [5, 5.41) is 17.3. The fraction of sp³-hybridized carbons (Fsp3) is 0.429. The van der Waals surface area contributed by atoms with Crippen LogP contribution in [0.15, 0.2) is 12.1 Å². The zero-order valence-electron chi connectivity index (χ0n) is 6.45. The van der Waals surface area contributed by atoms with Crippen molar-refractivity contribution < 1.29 is 10.0 Å². The fourth-order valence-electron chi connectivity index (χ4n) is 0.902. The summed E-state index contributed by atoms with van der Waals surface area (Å²) < 4.78 is 0. The molecule has 0 aliphatic heterocycles. The number of aryl methyl sites for hydroxylation is 1. The Morgan fingerprint density at radius 1 is 1.36 bits per heavy atom. The van der Waals surface area contributed by atoms with E-state index in [9.17, 15) is 0 Å². The van der Waals surface area contributed by atoms with E-state index in [-0.39, 0.29) is 0 Å². The van der Waals surface area contributed by atoms with E-state index in [2.05, 4.69) is 6.92 Å². The van der Waals surface area contributed by atoms with Crippen LogP contribution in [0.1, 0.15) is 16.7 Å². The molecule has 0 fully saturated rings. The molecule has 11 heavy (non-hydrogen) atoms. The maximum Gasteiger partial charge on any atom is 0.456 e. The van der Waals surface area contributed by atoms with E-state index >= 15 is 0 Å². The van der Waals surface area contributed by atoms with Crippen LogP contribution in [0.5, 0.6) is 0 Å². The molecule has 0 amide bonds. The molecule has 60 valence electrons. The summed E-state index contributed by atoms with van der Waals surface area (Å²) >= 11 is 1.64. The molecular weight excluding hydrogens is 159 g/mol. The Kier molecular flexibility index (Phi) is 3.11. The highest BCUT2D eigenvalue weighted by molar-refractivity contribution is 7.12. The van der Waals surface area contributed by atoms with Gasteiger partial charge in [-0.05, 0) is 18.6 Å². The molecule has 1 aromatic heterocycles. The molecule has 2 N–H and O–H groups in total. The van der Waals surface area contributed by atoms with Gasteiger partial charge in [0.1, 0.15) is 0 Å². The van der Waals surface area contributed by atoms with Crippen molar-refractivity contribution in [1.29, 1.82) is 0 Å². The van der Waals surface area contributed by atoms with Crippen molar-refractivity contribution in [2.75, 3.05) is 0 Å². The van der Waals surface area contributed by atoms with Gasteiger partial charge in [-0.2, -0.15) is 0 Å². The largest absolute Gasteiger partial charge is 0.456 e.